The Morgan fingerprint density at radius 3 is 2.05 bits per heavy atom. The lowest BCUT2D eigenvalue weighted by atomic mass is 9.92. The van der Waals surface area contributed by atoms with Gasteiger partial charge in [0.15, 0.2) is 0 Å². The van der Waals surface area contributed by atoms with Crippen molar-refractivity contribution in [2.45, 2.75) is 85.7 Å². The standard InChI is InChI=1S/C19H33N.ClH/c1-7-9-10-11-17(6)20-18(8-2)19-15(4)12-14(3)13-16(19)5;/h12-13,17-18,20H,7-11H2,1-6H3;1H. The van der Waals surface area contributed by atoms with Crippen LogP contribution >= 0.6 is 12.4 Å². The minimum absolute atomic E-state index is 0. The Labute approximate surface area is 138 Å². The summed E-state index contributed by atoms with van der Waals surface area (Å²) in [6.45, 7) is 13.6. The molecule has 2 atom stereocenters. The van der Waals surface area contributed by atoms with Crippen molar-refractivity contribution in [3.05, 3.63) is 34.4 Å². The normalized spacial score (nSPS) is 13.6. The summed E-state index contributed by atoms with van der Waals surface area (Å²) in [7, 11) is 0. The smallest absolute Gasteiger partial charge is 0.0325 e. The molecule has 0 aromatic heterocycles. The van der Waals surface area contributed by atoms with Gasteiger partial charge in [-0.3, -0.25) is 0 Å². The SMILES string of the molecule is CCCCCC(C)NC(CC)c1c(C)cc(C)cc1C.Cl. The lowest BCUT2D eigenvalue weighted by Crippen LogP contribution is -2.31. The van der Waals surface area contributed by atoms with E-state index in [9.17, 15) is 0 Å². The van der Waals surface area contributed by atoms with E-state index >= 15 is 0 Å². The monoisotopic (exact) mass is 311 g/mol. The number of aryl methyl sites for hydroxylation is 3. The molecule has 0 aliphatic heterocycles. The summed E-state index contributed by atoms with van der Waals surface area (Å²) in [6, 6.07) is 5.72. The fourth-order valence-corrected chi connectivity index (χ4v) is 3.27. The molecular weight excluding hydrogens is 278 g/mol. The number of unbranched alkanes of at least 4 members (excludes halogenated alkanes) is 2. The van der Waals surface area contributed by atoms with E-state index in [-0.39, 0.29) is 12.4 Å². The van der Waals surface area contributed by atoms with Crippen molar-refractivity contribution >= 4 is 12.4 Å². The molecule has 1 rings (SSSR count). The van der Waals surface area contributed by atoms with Gasteiger partial charge in [-0.25, -0.2) is 0 Å². The van der Waals surface area contributed by atoms with Crippen LogP contribution in [-0.4, -0.2) is 6.04 Å². The van der Waals surface area contributed by atoms with E-state index in [0.29, 0.717) is 12.1 Å². The predicted molar refractivity (Wildman–Crippen MR) is 97.7 cm³/mol. The number of benzene rings is 1. The first-order valence-electron chi connectivity index (χ1n) is 8.33. The average molecular weight is 312 g/mol. The van der Waals surface area contributed by atoms with E-state index in [2.05, 4.69) is 59.0 Å². The van der Waals surface area contributed by atoms with E-state index in [1.54, 1.807) is 0 Å². The molecule has 0 radical (unpaired) electrons. The van der Waals surface area contributed by atoms with Crippen molar-refractivity contribution in [3.8, 4) is 0 Å². The van der Waals surface area contributed by atoms with Crippen molar-refractivity contribution in [2.75, 3.05) is 0 Å². The molecular formula is C19H34ClN. The van der Waals surface area contributed by atoms with Gasteiger partial charge in [-0.1, -0.05) is 50.8 Å². The maximum absolute atomic E-state index is 3.84. The lowest BCUT2D eigenvalue weighted by molar-refractivity contribution is 0.413. The van der Waals surface area contributed by atoms with Crippen LogP contribution in [0, 0.1) is 20.8 Å². The van der Waals surface area contributed by atoms with Crippen molar-refractivity contribution < 1.29 is 0 Å². The van der Waals surface area contributed by atoms with Gasteiger partial charge in [-0.05, 0) is 57.2 Å². The molecule has 0 bridgehead atoms. The summed E-state index contributed by atoms with van der Waals surface area (Å²) in [5.74, 6) is 0. The van der Waals surface area contributed by atoms with Crippen LogP contribution in [0.15, 0.2) is 12.1 Å². The van der Waals surface area contributed by atoms with Gasteiger partial charge in [0.25, 0.3) is 0 Å². The summed E-state index contributed by atoms with van der Waals surface area (Å²) in [4.78, 5) is 0. The number of rotatable bonds is 8. The molecule has 21 heavy (non-hydrogen) atoms. The highest BCUT2D eigenvalue weighted by molar-refractivity contribution is 5.85. The average Bonchev–Trinajstić information content (AvgIpc) is 2.36. The number of hydrogen-bond donors (Lipinski definition) is 1. The van der Waals surface area contributed by atoms with Crippen LogP contribution in [0.5, 0.6) is 0 Å². The summed E-state index contributed by atoms with van der Waals surface area (Å²) in [5.41, 5.74) is 5.75. The lowest BCUT2D eigenvalue weighted by Gasteiger charge is -2.26. The van der Waals surface area contributed by atoms with Gasteiger partial charge in [-0.15, -0.1) is 12.4 Å². The van der Waals surface area contributed by atoms with Crippen LogP contribution < -0.4 is 5.32 Å². The molecule has 1 nitrogen and oxygen atoms in total. The molecule has 0 saturated carbocycles. The molecule has 0 aliphatic carbocycles. The third-order valence-electron chi connectivity index (χ3n) is 4.22. The highest BCUT2D eigenvalue weighted by Crippen LogP contribution is 2.26. The summed E-state index contributed by atoms with van der Waals surface area (Å²) < 4.78 is 0. The van der Waals surface area contributed by atoms with Gasteiger partial charge in [0.2, 0.25) is 0 Å². The van der Waals surface area contributed by atoms with Crippen molar-refractivity contribution in [1.82, 2.24) is 5.32 Å². The summed E-state index contributed by atoms with van der Waals surface area (Å²) in [6.07, 6.45) is 6.44. The predicted octanol–water partition coefficient (Wildman–Crippen LogP) is 6.04. The second kappa shape index (κ2) is 10.2. The molecule has 0 saturated heterocycles. The third kappa shape index (κ3) is 6.40. The molecule has 0 spiro atoms. The van der Waals surface area contributed by atoms with Gasteiger partial charge < -0.3 is 5.32 Å². The van der Waals surface area contributed by atoms with Gasteiger partial charge >= 0.3 is 0 Å². The molecule has 0 amide bonds. The first kappa shape index (κ1) is 20.5. The molecule has 0 aliphatic rings. The molecule has 1 aromatic carbocycles. The molecule has 0 heterocycles. The van der Waals surface area contributed by atoms with Gasteiger partial charge in [0, 0.05) is 12.1 Å². The highest BCUT2D eigenvalue weighted by atomic mass is 35.5. The zero-order valence-corrected chi connectivity index (χ0v) is 15.6. The molecule has 2 unspecified atom stereocenters. The molecule has 1 N–H and O–H groups in total. The fraction of sp³-hybridized carbons (Fsp3) is 0.684. The highest BCUT2D eigenvalue weighted by Gasteiger charge is 2.16. The number of nitrogens with one attached hydrogen (secondary N) is 1. The Morgan fingerprint density at radius 2 is 1.57 bits per heavy atom. The first-order chi connectivity index (χ1) is 9.49. The van der Waals surface area contributed by atoms with E-state index < -0.39 is 0 Å². The Balaban J connectivity index is 0.00000400. The molecule has 0 fully saturated rings. The Bertz CT molecular complexity index is 391. The Morgan fingerprint density at radius 1 is 1.00 bits per heavy atom. The van der Waals surface area contributed by atoms with E-state index in [1.807, 2.05) is 0 Å². The molecule has 122 valence electrons. The second-order valence-electron chi connectivity index (χ2n) is 6.34. The minimum Gasteiger partial charge on any atom is -0.307 e. The minimum atomic E-state index is 0. The van der Waals surface area contributed by atoms with Crippen LogP contribution in [0.2, 0.25) is 0 Å². The Hall–Kier alpha value is -0.530. The van der Waals surface area contributed by atoms with E-state index in [1.165, 1.54) is 47.9 Å². The van der Waals surface area contributed by atoms with E-state index in [0.717, 1.165) is 6.42 Å². The quantitative estimate of drug-likeness (QED) is 0.577. The second-order valence-corrected chi connectivity index (χ2v) is 6.34. The van der Waals surface area contributed by atoms with E-state index in [4.69, 9.17) is 0 Å². The molecule has 2 heteroatoms. The van der Waals surface area contributed by atoms with Crippen LogP contribution in [0.1, 0.15) is 81.2 Å². The maximum atomic E-state index is 3.84. The fourth-order valence-electron chi connectivity index (χ4n) is 3.27. The van der Waals surface area contributed by atoms with Gasteiger partial charge in [-0.2, -0.15) is 0 Å². The zero-order chi connectivity index (χ0) is 15.1. The zero-order valence-electron chi connectivity index (χ0n) is 14.8. The molecule has 1 aromatic rings. The summed E-state index contributed by atoms with van der Waals surface area (Å²) >= 11 is 0. The van der Waals surface area contributed by atoms with Crippen molar-refractivity contribution in [2.24, 2.45) is 0 Å². The first-order valence-corrected chi connectivity index (χ1v) is 8.33. The third-order valence-corrected chi connectivity index (χ3v) is 4.22. The van der Waals surface area contributed by atoms with Gasteiger partial charge in [0.05, 0.1) is 0 Å². The van der Waals surface area contributed by atoms with Crippen molar-refractivity contribution in [3.63, 3.8) is 0 Å². The van der Waals surface area contributed by atoms with Crippen LogP contribution in [-0.2, 0) is 0 Å². The van der Waals surface area contributed by atoms with Crippen LogP contribution in [0.4, 0.5) is 0 Å². The van der Waals surface area contributed by atoms with Crippen LogP contribution in [0.25, 0.3) is 0 Å². The van der Waals surface area contributed by atoms with Gasteiger partial charge in [0.1, 0.15) is 0 Å². The Kier molecular flexibility index (Phi) is 9.98. The topological polar surface area (TPSA) is 12.0 Å². The maximum Gasteiger partial charge on any atom is 0.0325 e. The summed E-state index contributed by atoms with van der Waals surface area (Å²) in [5, 5.41) is 3.84. The number of halogens is 1. The largest absolute Gasteiger partial charge is 0.307 e. The number of hydrogen-bond acceptors (Lipinski definition) is 1. The van der Waals surface area contributed by atoms with Crippen LogP contribution in [0.3, 0.4) is 0 Å². The van der Waals surface area contributed by atoms with Crippen molar-refractivity contribution in [1.29, 1.82) is 0 Å².